The van der Waals surface area contributed by atoms with E-state index in [-0.39, 0.29) is 17.9 Å². The van der Waals surface area contributed by atoms with Crippen molar-refractivity contribution >= 4 is 5.91 Å². The fourth-order valence-corrected chi connectivity index (χ4v) is 2.66. The third kappa shape index (κ3) is 3.01. The number of carbonyl (C=O) groups excluding carboxylic acids is 1. The van der Waals surface area contributed by atoms with Gasteiger partial charge in [-0.15, -0.1) is 0 Å². The Labute approximate surface area is 129 Å². The van der Waals surface area contributed by atoms with E-state index in [1.807, 2.05) is 31.2 Å². The highest BCUT2D eigenvalue weighted by Gasteiger charge is 2.26. The van der Waals surface area contributed by atoms with Crippen LogP contribution in [0, 0.1) is 11.9 Å². The third-order valence-corrected chi connectivity index (χ3v) is 4.29. The average Bonchev–Trinajstić information content (AvgIpc) is 2.46. The van der Waals surface area contributed by atoms with Crippen LogP contribution in [0.2, 0.25) is 0 Å². The lowest BCUT2D eigenvalue weighted by Gasteiger charge is -2.26. The predicted molar refractivity (Wildman–Crippen MR) is 83.5 cm³/mol. The zero-order chi connectivity index (χ0) is 15.5. The predicted octanol–water partition coefficient (Wildman–Crippen LogP) is 3.87. The van der Waals surface area contributed by atoms with Crippen LogP contribution < -0.4 is 5.32 Å². The summed E-state index contributed by atoms with van der Waals surface area (Å²) in [4.78, 5) is 15.7. The zero-order valence-corrected chi connectivity index (χ0v) is 12.6. The van der Waals surface area contributed by atoms with Crippen LogP contribution in [-0.4, -0.2) is 10.9 Å². The Morgan fingerprint density at radius 2 is 2.14 bits per heavy atom. The molecular formula is C18H19FN2O. The molecule has 0 aliphatic heterocycles. The second-order valence-corrected chi connectivity index (χ2v) is 5.83. The zero-order valence-electron chi connectivity index (χ0n) is 12.6. The van der Waals surface area contributed by atoms with Gasteiger partial charge < -0.3 is 5.32 Å². The summed E-state index contributed by atoms with van der Waals surface area (Å²) in [6.07, 6.45) is 4.55. The molecule has 1 saturated carbocycles. The van der Waals surface area contributed by atoms with Crippen molar-refractivity contribution in [3.63, 3.8) is 0 Å². The van der Waals surface area contributed by atoms with E-state index >= 15 is 0 Å². The van der Waals surface area contributed by atoms with Crippen molar-refractivity contribution in [3.8, 4) is 11.1 Å². The summed E-state index contributed by atoms with van der Waals surface area (Å²) in [6, 6.07) is 10.9. The molecule has 1 aliphatic carbocycles. The number of pyridine rings is 1. The first kappa shape index (κ1) is 14.7. The molecule has 0 saturated heterocycles. The summed E-state index contributed by atoms with van der Waals surface area (Å²) in [6.45, 7) is 1.95. The molecule has 1 fully saturated rings. The maximum Gasteiger partial charge on any atom is 0.223 e. The molecule has 2 aromatic rings. The highest BCUT2D eigenvalue weighted by Crippen LogP contribution is 2.28. The van der Waals surface area contributed by atoms with E-state index < -0.39 is 5.95 Å². The molecule has 0 unspecified atom stereocenters. The molecule has 0 radical (unpaired) electrons. The van der Waals surface area contributed by atoms with Crippen molar-refractivity contribution in [2.75, 3.05) is 0 Å². The minimum absolute atomic E-state index is 0.0900. The quantitative estimate of drug-likeness (QED) is 0.871. The first-order valence-corrected chi connectivity index (χ1v) is 7.66. The van der Waals surface area contributed by atoms with Crippen LogP contribution in [0.5, 0.6) is 0 Å². The number of hydrogen-bond donors (Lipinski definition) is 1. The van der Waals surface area contributed by atoms with Gasteiger partial charge >= 0.3 is 0 Å². The maximum atomic E-state index is 13.8. The minimum Gasteiger partial charge on any atom is -0.349 e. The largest absolute Gasteiger partial charge is 0.349 e. The molecule has 1 N–H and O–H groups in total. The number of hydrogen-bond acceptors (Lipinski definition) is 2. The molecule has 1 aliphatic rings. The molecule has 3 nitrogen and oxygen atoms in total. The average molecular weight is 298 g/mol. The highest BCUT2D eigenvalue weighted by atomic mass is 19.1. The van der Waals surface area contributed by atoms with E-state index in [1.54, 1.807) is 12.1 Å². The first-order valence-electron chi connectivity index (χ1n) is 7.66. The van der Waals surface area contributed by atoms with Gasteiger partial charge in [-0.1, -0.05) is 24.6 Å². The van der Waals surface area contributed by atoms with Crippen LogP contribution in [0.3, 0.4) is 0 Å². The lowest BCUT2D eigenvalue weighted by atomic mass is 9.84. The van der Waals surface area contributed by atoms with E-state index in [2.05, 4.69) is 10.3 Å². The number of nitrogens with zero attached hydrogens (tertiary/aromatic N) is 1. The van der Waals surface area contributed by atoms with E-state index in [0.717, 1.165) is 30.4 Å². The van der Waals surface area contributed by atoms with Gasteiger partial charge in [-0.05, 0) is 49.1 Å². The number of rotatable bonds is 4. The summed E-state index contributed by atoms with van der Waals surface area (Å²) in [5, 5.41) is 3.04. The van der Waals surface area contributed by atoms with Crippen LogP contribution in [0.4, 0.5) is 4.39 Å². The monoisotopic (exact) mass is 298 g/mol. The molecule has 0 bridgehead atoms. The number of aromatic nitrogens is 1. The van der Waals surface area contributed by atoms with Crippen molar-refractivity contribution in [2.45, 2.75) is 32.2 Å². The molecule has 1 atom stereocenters. The number of benzene rings is 1. The van der Waals surface area contributed by atoms with Crippen LogP contribution in [0.1, 0.15) is 37.8 Å². The lowest BCUT2D eigenvalue weighted by molar-refractivity contribution is -0.128. The van der Waals surface area contributed by atoms with Crippen molar-refractivity contribution in [1.29, 1.82) is 0 Å². The molecule has 22 heavy (non-hydrogen) atoms. The summed E-state index contributed by atoms with van der Waals surface area (Å²) >= 11 is 0. The van der Waals surface area contributed by atoms with Crippen molar-refractivity contribution in [3.05, 3.63) is 54.1 Å². The maximum absolute atomic E-state index is 13.8. The second-order valence-electron chi connectivity index (χ2n) is 5.83. The van der Waals surface area contributed by atoms with Gasteiger partial charge in [-0.3, -0.25) is 4.79 Å². The molecular weight excluding hydrogens is 279 g/mol. The Balaban J connectivity index is 1.78. The Morgan fingerprint density at radius 1 is 1.32 bits per heavy atom. The lowest BCUT2D eigenvalue weighted by Crippen LogP contribution is -2.35. The number of amides is 1. The Hall–Kier alpha value is -2.23. The van der Waals surface area contributed by atoms with Crippen molar-refractivity contribution < 1.29 is 9.18 Å². The fraction of sp³-hybridized carbons (Fsp3) is 0.333. The van der Waals surface area contributed by atoms with Gasteiger partial charge in [0, 0.05) is 17.7 Å². The highest BCUT2D eigenvalue weighted by molar-refractivity contribution is 5.79. The summed E-state index contributed by atoms with van der Waals surface area (Å²) in [5.41, 5.74) is 2.21. The SMILES string of the molecule is C[C@H](NC(=O)C1CCC1)c1cccc(-c2cccnc2F)c1. The summed E-state index contributed by atoms with van der Waals surface area (Å²) in [5.74, 6) is -0.191. The van der Waals surface area contributed by atoms with Gasteiger partial charge in [0.05, 0.1) is 6.04 Å². The third-order valence-electron chi connectivity index (χ3n) is 4.29. The number of halogens is 1. The summed E-state index contributed by atoms with van der Waals surface area (Å²) < 4.78 is 13.8. The van der Waals surface area contributed by atoms with Gasteiger partial charge in [-0.25, -0.2) is 4.98 Å². The molecule has 4 heteroatoms. The molecule has 1 amide bonds. The van der Waals surface area contributed by atoms with E-state index in [9.17, 15) is 9.18 Å². The van der Waals surface area contributed by atoms with Gasteiger partial charge in [0.1, 0.15) is 0 Å². The first-order chi connectivity index (χ1) is 10.6. The molecule has 1 aromatic carbocycles. The Kier molecular flexibility index (Phi) is 4.18. The second kappa shape index (κ2) is 6.26. The van der Waals surface area contributed by atoms with Crippen molar-refractivity contribution in [2.24, 2.45) is 5.92 Å². The van der Waals surface area contributed by atoms with Crippen LogP contribution >= 0.6 is 0 Å². The molecule has 0 spiro atoms. The van der Waals surface area contributed by atoms with Crippen LogP contribution in [0.15, 0.2) is 42.6 Å². The van der Waals surface area contributed by atoms with Gasteiger partial charge in [0.25, 0.3) is 0 Å². The topological polar surface area (TPSA) is 42.0 Å². The summed E-state index contributed by atoms with van der Waals surface area (Å²) in [7, 11) is 0. The standard InChI is InChI=1S/C18H19FN2O/c1-12(21-18(22)13-5-2-6-13)14-7-3-8-15(11-14)16-9-4-10-20-17(16)19/h3-4,7-13H,2,5-6H2,1H3,(H,21,22)/t12-/m0/s1. The van der Waals surface area contributed by atoms with Crippen LogP contribution in [-0.2, 0) is 4.79 Å². The normalized spacial score (nSPS) is 15.9. The number of carbonyl (C=O) groups is 1. The minimum atomic E-state index is -0.481. The van der Waals surface area contributed by atoms with E-state index in [0.29, 0.717) is 5.56 Å². The van der Waals surface area contributed by atoms with Crippen molar-refractivity contribution in [1.82, 2.24) is 10.3 Å². The van der Waals surface area contributed by atoms with Gasteiger partial charge in [0.15, 0.2) is 0 Å². The fourth-order valence-electron chi connectivity index (χ4n) is 2.66. The molecule has 3 rings (SSSR count). The molecule has 1 aromatic heterocycles. The van der Waals surface area contributed by atoms with E-state index in [1.165, 1.54) is 6.20 Å². The van der Waals surface area contributed by atoms with E-state index in [4.69, 9.17) is 0 Å². The Morgan fingerprint density at radius 3 is 2.82 bits per heavy atom. The molecule has 1 heterocycles. The number of nitrogens with one attached hydrogen (secondary N) is 1. The van der Waals surface area contributed by atoms with Crippen LogP contribution in [0.25, 0.3) is 11.1 Å². The molecule has 114 valence electrons. The van der Waals surface area contributed by atoms with Gasteiger partial charge in [-0.2, -0.15) is 4.39 Å². The van der Waals surface area contributed by atoms with Gasteiger partial charge in [0.2, 0.25) is 11.9 Å². The Bertz CT molecular complexity index is 682. The smallest absolute Gasteiger partial charge is 0.223 e.